The Labute approximate surface area is 107 Å². The molecule has 0 aliphatic carbocycles. The normalized spacial score (nSPS) is 17.6. The monoisotopic (exact) mass is 258 g/mol. The van der Waals surface area contributed by atoms with Crippen LogP contribution in [-0.4, -0.2) is 60.8 Å². The van der Waals surface area contributed by atoms with Gasteiger partial charge in [-0.1, -0.05) is 6.92 Å². The van der Waals surface area contributed by atoms with Crippen LogP contribution in [0.4, 0.5) is 0 Å². The molecule has 1 fully saturated rings. The Morgan fingerprint density at radius 2 is 2.00 bits per heavy atom. The highest BCUT2D eigenvalue weighted by molar-refractivity contribution is 5.78. The summed E-state index contributed by atoms with van der Waals surface area (Å²) in [6.45, 7) is 4.68. The first-order valence-corrected chi connectivity index (χ1v) is 6.43. The van der Waals surface area contributed by atoms with Crippen LogP contribution in [0.5, 0.6) is 0 Å². The number of carbonyl (C=O) groups is 2. The van der Waals surface area contributed by atoms with Crippen molar-refractivity contribution >= 4 is 11.9 Å². The van der Waals surface area contributed by atoms with Gasteiger partial charge in [-0.15, -0.1) is 0 Å². The minimum absolute atomic E-state index is 0.179. The van der Waals surface area contributed by atoms with E-state index in [0.29, 0.717) is 0 Å². The molecule has 6 nitrogen and oxygen atoms in total. The Kier molecular flexibility index (Phi) is 6.67. The van der Waals surface area contributed by atoms with Crippen LogP contribution >= 0.6 is 0 Å². The maximum atomic E-state index is 11.5. The van der Waals surface area contributed by atoms with E-state index < -0.39 is 12.6 Å². The first-order valence-electron chi connectivity index (χ1n) is 6.43. The van der Waals surface area contributed by atoms with Crippen LogP contribution < -0.4 is 5.32 Å². The molecule has 0 atom stereocenters. The molecule has 0 radical (unpaired) electrons. The molecule has 6 heteroatoms. The van der Waals surface area contributed by atoms with Crippen LogP contribution in [-0.2, 0) is 14.3 Å². The van der Waals surface area contributed by atoms with Gasteiger partial charge in [0.05, 0.1) is 0 Å². The van der Waals surface area contributed by atoms with Gasteiger partial charge >= 0.3 is 5.97 Å². The standard InChI is InChI=1S/C12H22N2O4/c1-2-5-14-6-3-10(4-7-14)13-11(15)8-18-9-12(16)17/h10H,2-9H2,1H3,(H,13,15)(H,16,17). The van der Waals surface area contributed by atoms with Gasteiger partial charge < -0.3 is 20.1 Å². The molecule has 0 aromatic carbocycles. The molecule has 1 heterocycles. The molecule has 0 aromatic heterocycles. The van der Waals surface area contributed by atoms with Crippen molar-refractivity contribution in [3.63, 3.8) is 0 Å². The van der Waals surface area contributed by atoms with E-state index in [0.717, 1.165) is 38.9 Å². The molecule has 1 saturated heterocycles. The lowest BCUT2D eigenvalue weighted by Gasteiger charge is -2.32. The second-order valence-electron chi connectivity index (χ2n) is 4.57. The number of carboxylic acid groups (broad SMARTS) is 1. The summed E-state index contributed by atoms with van der Waals surface area (Å²) in [5.74, 6) is -1.29. The molecule has 1 aliphatic rings. The van der Waals surface area contributed by atoms with E-state index in [-0.39, 0.29) is 18.6 Å². The summed E-state index contributed by atoms with van der Waals surface area (Å²) in [5.41, 5.74) is 0. The molecular weight excluding hydrogens is 236 g/mol. The molecule has 0 saturated carbocycles. The maximum absolute atomic E-state index is 11.5. The third-order valence-corrected chi connectivity index (χ3v) is 2.95. The number of amides is 1. The van der Waals surface area contributed by atoms with Crippen molar-refractivity contribution in [3.8, 4) is 0 Å². The maximum Gasteiger partial charge on any atom is 0.329 e. The molecule has 0 bridgehead atoms. The zero-order chi connectivity index (χ0) is 13.4. The predicted molar refractivity (Wildman–Crippen MR) is 66.4 cm³/mol. The summed E-state index contributed by atoms with van der Waals surface area (Å²) in [6, 6.07) is 0.194. The van der Waals surface area contributed by atoms with Crippen molar-refractivity contribution < 1.29 is 19.4 Å². The highest BCUT2D eigenvalue weighted by Crippen LogP contribution is 2.10. The molecule has 2 N–H and O–H groups in total. The van der Waals surface area contributed by atoms with Crippen LogP contribution in [0.15, 0.2) is 0 Å². The van der Waals surface area contributed by atoms with Crippen LogP contribution in [0.3, 0.4) is 0 Å². The van der Waals surface area contributed by atoms with Crippen LogP contribution in [0, 0.1) is 0 Å². The highest BCUT2D eigenvalue weighted by Gasteiger charge is 2.19. The third kappa shape index (κ3) is 5.97. The molecule has 0 aromatic rings. The molecule has 104 valence electrons. The number of nitrogens with zero attached hydrogens (tertiary/aromatic N) is 1. The van der Waals surface area contributed by atoms with Gasteiger partial charge in [-0.25, -0.2) is 4.79 Å². The van der Waals surface area contributed by atoms with Gasteiger partial charge in [0.2, 0.25) is 5.91 Å². The van der Waals surface area contributed by atoms with Gasteiger partial charge in [0.15, 0.2) is 0 Å². The fourth-order valence-corrected chi connectivity index (χ4v) is 2.12. The van der Waals surface area contributed by atoms with Crippen molar-refractivity contribution in [1.29, 1.82) is 0 Å². The summed E-state index contributed by atoms with van der Waals surface area (Å²) in [5, 5.41) is 11.2. The summed E-state index contributed by atoms with van der Waals surface area (Å²) in [4.78, 5) is 24.1. The lowest BCUT2D eigenvalue weighted by molar-refractivity contribution is -0.143. The average molecular weight is 258 g/mol. The second kappa shape index (κ2) is 8.05. The van der Waals surface area contributed by atoms with Crippen molar-refractivity contribution in [2.75, 3.05) is 32.8 Å². The summed E-state index contributed by atoms with van der Waals surface area (Å²) < 4.78 is 4.74. The Bertz CT molecular complexity index is 275. The number of piperidine rings is 1. The molecule has 0 spiro atoms. The van der Waals surface area contributed by atoms with Gasteiger partial charge in [0.25, 0.3) is 0 Å². The van der Waals surface area contributed by atoms with Crippen LogP contribution in [0.25, 0.3) is 0 Å². The number of aliphatic carboxylic acids is 1. The largest absolute Gasteiger partial charge is 0.480 e. The third-order valence-electron chi connectivity index (χ3n) is 2.95. The Hall–Kier alpha value is -1.14. The lowest BCUT2D eigenvalue weighted by Crippen LogP contribution is -2.45. The SMILES string of the molecule is CCCN1CCC(NC(=O)COCC(=O)O)CC1. The summed E-state index contributed by atoms with van der Waals surface area (Å²) in [6.07, 6.45) is 3.05. The Morgan fingerprint density at radius 1 is 1.33 bits per heavy atom. The molecule has 1 aliphatic heterocycles. The Morgan fingerprint density at radius 3 is 2.56 bits per heavy atom. The minimum Gasteiger partial charge on any atom is -0.480 e. The number of carboxylic acids is 1. The molecule has 18 heavy (non-hydrogen) atoms. The molecule has 1 rings (SSSR count). The van der Waals surface area contributed by atoms with Crippen LogP contribution in [0.2, 0.25) is 0 Å². The first kappa shape index (κ1) is 14.9. The highest BCUT2D eigenvalue weighted by atomic mass is 16.5. The summed E-state index contributed by atoms with van der Waals surface area (Å²) in [7, 11) is 0. The van der Waals surface area contributed by atoms with Gasteiger partial charge in [0, 0.05) is 19.1 Å². The molecular formula is C12H22N2O4. The van der Waals surface area contributed by atoms with Crippen LogP contribution in [0.1, 0.15) is 26.2 Å². The van der Waals surface area contributed by atoms with E-state index in [9.17, 15) is 9.59 Å². The zero-order valence-electron chi connectivity index (χ0n) is 10.9. The van der Waals surface area contributed by atoms with Gasteiger partial charge in [-0.3, -0.25) is 4.79 Å². The van der Waals surface area contributed by atoms with Crippen molar-refractivity contribution in [2.24, 2.45) is 0 Å². The second-order valence-corrected chi connectivity index (χ2v) is 4.57. The van der Waals surface area contributed by atoms with E-state index in [1.807, 2.05) is 0 Å². The number of rotatable bonds is 7. The van der Waals surface area contributed by atoms with Crippen molar-refractivity contribution in [2.45, 2.75) is 32.2 Å². The van der Waals surface area contributed by atoms with E-state index in [4.69, 9.17) is 9.84 Å². The van der Waals surface area contributed by atoms with E-state index in [2.05, 4.69) is 17.1 Å². The predicted octanol–water partition coefficient (Wildman–Crippen LogP) is 0.0782. The molecule has 1 amide bonds. The lowest BCUT2D eigenvalue weighted by atomic mass is 10.0. The quantitative estimate of drug-likeness (QED) is 0.676. The Balaban J connectivity index is 2.12. The summed E-state index contributed by atoms with van der Waals surface area (Å²) >= 11 is 0. The van der Waals surface area contributed by atoms with Gasteiger partial charge in [0.1, 0.15) is 13.2 Å². The van der Waals surface area contributed by atoms with Crippen molar-refractivity contribution in [3.05, 3.63) is 0 Å². The first-order chi connectivity index (χ1) is 8.61. The van der Waals surface area contributed by atoms with Gasteiger partial charge in [-0.05, 0) is 25.8 Å². The minimum atomic E-state index is -1.06. The van der Waals surface area contributed by atoms with Crippen molar-refractivity contribution in [1.82, 2.24) is 10.2 Å². The number of carbonyl (C=O) groups excluding carboxylic acids is 1. The van der Waals surface area contributed by atoms with E-state index in [1.165, 1.54) is 0 Å². The zero-order valence-corrected chi connectivity index (χ0v) is 10.9. The number of nitrogens with one attached hydrogen (secondary N) is 1. The topological polar surface area (TPSA) is 78.9 Å². The average Bonchev–Trinajstić information content (AvgIpc) is 2.31. The number of hydrogen-bond donors (Lipinski definition) is 2. The number of likely N-dealkylation sites (tertiary alicyclic amines) is 1. The number of ether oxygens (including phenoxy) is 1. The number of hydrogen-bond acceptors (Lipinski definition) is 4. The van der Waals surface area contributed by atoms with Gasteiger partial charge in [-0.2, -0.15) is 0 Å². The van der Waals surface area contributed by atoms with E-state index >= 15 is 0 Å². The fourth-order valence-electron chi connectivity index (χ4n) is 2.12. The van der Waals surface area contributed by atoms with E-state index in [1.54, 1.807) is 0 Å². The smallest absolute Gasteiger partial charge is 0.329 e. The fraction of sp³-hybridized carbons (Fsp3) is 0.833. The molecule has 0 unspecified atom stereocenters.